The number of benzene rings is 1. The molecule has 0 spiro atoms. The van der Waals surface area contributed by atoms with Gasteiger partial charge < -0.3 is 15.4 Å². The summed E-state index contributed by atoms with van der Waals surface area (Å²) in [5.74, 6) is 1.23. The topological polar surface area (TPSA) is 84.2 Å². The molecule has 6 heteroatoms. The Bertz CT molecular complexity index is 673. The van der Waals surface area contributed by atoms with Crippen LogP contribution in [-0.2, 0) is 11.2 Å². The summed E-state index contributed by atoms with van der Waals surface area (Å²) >= 11 is 0. The molecule has 0 saturated heterocycles. The monoisotopic (exact) mass is 330 g/mol. The van der Waals surface area contributed by atoms with Gasteiger partial charge in [-0.1, -0.05) is 0 Å². The number of nitrogens with one attached hydrogen (secondary N) is 1. The number of aromatic amines is 1. The SMILES string of the molecule is CCN(CC)C(=O)Cc1c(N)n[nH]c1-c1ccc(OC(C)C)cc1. The number of nitrogens with zero attached hydrogens (tertiary/aromatic N) is 2. The molecule has 130 valence electrons. The number of amides is 1. The first-order valence-electron chi connectivity index (χ1n) is 8.33. The van der Waals surface area contributed by atoms with Crippen LogP contribution in [0.4, 0.5) is 5.82 Å². The number of rotatable bonds is 7. The van der Waals surface area contributed by atoms with E-state index >= 15 is 0 Å². The predicted molar refractivity (Wildman–Crippen MR) is 95.8 cm³/mol. The van der Waals surface area contributed by atoms with Crippen molar-refractivity contribution in [1.82, 2.24) is 15.1 Å². The third-order valence-corrected chi connectivity index (χ3v) is 3.86. The molecule has 0 saturated carbocycles. The largest absolute Gasteiger partial charge is 0.491 e. The van der Waals surface area contributed by atoms with E-state index in [2.05, 4.69) is 10.2 Å². The maximum atomic E-state index is 12.4. The minimum absolute atomic E-state index is 0.0501. The summed E-state index contributed by atoms with van der Waals surface area (Å²) in [5, 5.41) is 7.02. The fraction of sp³-hybridized carbons (Fsp3) is 0.444. The molecular formula is C18H26N4O2. The molecule has 0 aliphatic rings. The maximum Gasteiger partial charge on any atom is 0.227 e. The second-order valence-corrected chi connectivity index (χ2v) is 5.90. The molecule has 3 N–H and O–H groups in total. The van der Waals surface area contributed by atoms with Gasteiger partial charge in [0, 0.05) is 24.2 Å². The molecule has 0 atom stereocenters. The van der Waals surface area contributed by atoms with E-state index in [4.69, 9.17) is 10.5 Å². The summed E-state index contributed by atoms with van der Waals surface area (Å²) in [6.07, 6.45) is 0.366. The Kier molecular flexibility index (Phi) is 5.84. The van der Waals surface area contributed by atoms with E-state index in [1.54, 1.807) is 4.90 Å². The Morgan fingerprint density at radius 2 is 1.88 bits per heavy atom. The highest BCUT2D eigenvalue weighted by atomic mass is 16.5. The lowest BCUT2D eigenvalue weighted by atomic mass is 10.0. The number of carbonyl (C=O) groups excluding carboxylic acids is 1. The quantitative estimate of drug-likeness (QED) is 0.817. The minimum atomic E-state index is 0.0501. The molecule has 1 aromatic carbocycles. The number of hydrogen-bond acceptors (Lipinski definition) is 4. The molecule has 24 heavy (non-hydrogen) atoms. The van der Waals surface area contributed by atoms with Gasteiger partial charge in [-0.2, -0.15) is 5.10 Å². The van der Waals surface area contributed by atoms with Crippen LogP contribution in [0.1, 0.15) is 33.3 Å². The number of carbonyl (C=O) groups is 1. The van der Waals surface area contributed by atoms with Gasteiger partial charge in [0.25, 0.3) is 0 Å². The van der Waals surface area contributed by atoms with Crippen LogP contribution in [0.5, 0.6) is 5.75 Å². The minimum Gasteiger partial charge on any atom is -0.491 e. The van der Waals surface area contributed by atoms with Gasteiger partial charge in [-0.3, -0.25) is 9.89 Å². The second kappa shape index (κ2) is 7.86. The van der Waals surface area contributed by atoms with Crippen LogP contribution in [0.3, 0.4) is 0 Å². The summed E-state index contributed by atoms with van der Waals surface area (Å²) in [7, 11) is 0. The predicted octanol–water partition coefficient (Wildman–Crippen LogP) is 2.86. The van der Waals surface area contributed by atoms with Crippen molar-refractivity contribution >= 4 is 11.7 Å². The lowest BCUT2D eigenvalue weighted by Gasteiger charge is -2.18. The number of likely N-dealkylation sites (N-methyl/N-ethyl adjacent to an activating group) is 1. The van der Waals surface area contributed by atoms with Gasteiger partial charge in [0.1, 0.15) is 11.6 Å². The molecule has 0 radical (unpaired) electrons. The summed E-state index contributed by atoms with van der Waals surface area (Å²) in [6.45, 7) is 9.27. The molecular weight excluding hydrogens is 304 g/mol. The molecule has 0 bridgehead atoms. The maximum absolute atomic E-state index is 12.4. The number of ether oxygens (including phenoxy) is 1. The van der Waals surface area contributed by atoms with E-state index in [-0.39, 0.29) is 18.4 Å². The zero-order chi connectivity index (χ0) is 17.7. The van der Waals surface area contributed by atoms with Gasteiger partial charge in [-0.15, -0.1) is 0 Å². The van der Waals surface area contributed by atoms with Crippen LogP contribution >= 0.6 is 0 Å². The second-order valence-electron chi connectivity index (χ2n) is 5.90. The standard InChI is InChI=1S/C18H26N4O2/c1-5-22(6-2)16(23)11-15-17(20-21-18(15)19)13-7-9-14(10-8-13)24-12(3)4/h7-10,12H,5-6,11H2,1-4H3,(H3,19,20,21). The number of aromatic nitrogens is 2. The van der Waals surface area contributed by atoms with Gasteiger partial charge in [0.05, 0.1) is 18.2 Å². The zero-order valence-electron chi connectivity index (χ0n) is 14.8. The summed E-state index contributed by atoms with van der Waals surface area (Å²) < 4.78 is 5.65. The average molecular weight is 330 g/mol. The van der Waals surface area contributed by atoms with Crippen molar-refractivity contribution in [1.29, 1.82) is 0 Å². The van der Waals surface area contributed by atoms with Crippen LogP contribution in [0.15, 0.2) is 24.3 Å². The van der Waals surface area contributed by atoms with Crippen LogP contribution in [-0.4, -0.2) is 40.2 Å². The van der Waals surface area contributed by atoms with Crippen molar-refractivity contribution in [3.05, 3.63) is 29.8 Å². The van der Waals surface area contributed by atoms with Gasteiger partial charge >= 0.3 is 0 Å². The summed E-state index contributed by atoms with van der Waals surface area (Å²) in [6, 6.07) is 7.69. The molecule has 1 aromatic heterocycles. The van der Waals surface area contributed by atoms with Crippen molar-refractivity contribution in [2.75, 3.05) is 18.8 Å². The molecule has 0 fully saturated rings. The number of nitrogen functional groups attached to an aromatic ring is 1. The summed E-state index contributed by atoms with van der Waals surface area (Å²) in [5.41, 5.74) is 8.42. The third kappa shape index (κ3) is 4.07. The van der Waals surface area contributed by atoms with E-state index in [9.17, 15) is 4.79 Å². The van der Waals surface area contributed by atoms with Gasteiger partial charge in [-0.25, -0.2) is 0 Å². The van der Waals surface area contributed by atoms with E-state index in [0.29, 0.717) is 18.9 Å². The van der Waals surface area contributed by atoms with Crippen LogP contribution < -0.4 is 10.5 Å². The zero-order valence-corrected chi connectivity index (χ0v) is 14.8. The highest BCUT2D eigenvalue weighted by Gasteiger charge is 2.19. The molecule has 1 heterocycles. The first-order valence-corrected chi connectivity index (χ1v) is 8.33. The van der Waals surface area contributed by atoms with Crippen LogP contribution in [0, 0.1) is 0 Å². The van der Waals surface area contributed by atoms with Crippen molar-refractivity contribution in [2.24, 2.45) is 0 Å². The van der Waals surface area contributed by atoms with Gasteiger partial charge in [0.15, 0.2) is 0 Å². The normalized spacial score (nSPS) is 10.9. The smallest absolute Gasteiger partial charge is 0.227 e. The Balaban J connectivity index is 2.24. The summed E-state index contributed by atoms with van der Waals surface area (Å²) in [4.78, 5) is 14.2. The highest BCUT2D eigenvalue weighted by molar-refractivity contribution is 5.83. The molecule has 0 aliphatic carbocycles. The first-order chi connectivity index (χ1) is 11.5. The van der Waals surface area contributed by atoms with E-state index < -0.39 is 0 Å². The Labute approximate surface area is 143 Å². The van der Waals surface area contributed by atoms with E-state index in [1.165, 1.54) is 0 Å². The fourth-order valence-electron chi connectivity index (χ4n) is 2.61. The van der Waals surface area contributed by atoms with Crippen molar-refractivity contribution < 1.29 is 9.53 Å². The Morgan fingerprint density at radius 1 is 1.25 bits per heavy atom. The fourth-order valence-corrected chi connectivity index (χ4v) is 2.61. The number of H-pyrrole nitrogens is 1. The third-order valence-electron chi connectivity index (χ3n) is 3.86. The lowest BCUT2D eigenvalue weighted by molar-refractivity contribution is -0.130. The molecule has 0 aliphatic heterocycles. The molecule has 2 rings (SSSR count). The van der Waals surface area contributed by atoms with Crippen LogP contribution in [0.25, 0.3) is 11.3 Å². The highest BCUT2D eigenvalue weighted by Crippen LogP contribution is 2.28. The molecule has 2 aromatic rings. The van der Waals surface area contributed by atoms with Crippen LogP contribution in [0.2, 0.25) is 0 Å². The van der Waals surface area contributed by atoms with Crippen molar-refractivity contribution in [3.63, 3.8) is 0 Å². The average Bonchev–Trinajstić information content (AvgIpc) is 2.90. The first kappa shape index (κ1) is 17.8. The Hall–Kier alpha value is -2.50. The number of anilines is 1. The number of nitrogens with two attached hydrogens (primary N) is 1. The Morgan fingerprint density at radius 3 is 2.42 bits per heavy atom. The van der Waals surface area contributed by atoms with E-state index in [1.807, 2.05) is 52.0 Å². The van der Waals surface area contributed by atoms with E-state index in [0.717, 1.165) is 22.6 Å². The molecule has 0 unspecified atom stereocenters. The molecule has 6 nitrogen and oxygen atoms in total. The van der Waals surface area contributed by atoms with Crippen molar-refractivity contribution in [3.8, 4) is 17.0 Å². The van der Waals surface area contributed by atoms with Crippen molar-refractivity contribution in [2.45, 2.75) is 40.2 Å². The van der Waals surface area contributed by atoms with Gasteiger partial charge in [-0.05, 0) is 52.0 Å². The van der Waals surface area contributed by atoms with Gasteiger partial charge in [0.2, 0.25) is 5.91 Å². The molecule has 1 amide bonds. The number of hydrogen-bond donors (Lipinski definition) is 2. The lowest BCUT2D eigenvalue weighted by Crippen LogP contribution is -2.32.